The Bertz CT molecular complexity index is 877. The van der Waals surface area contributed by atoms with Crippen LogP contribution in [0.25, 0.3) is 16.7 Å². The van der Waals surface area contributed by atoms with Gasteiger partial charge in [-0.1, -0.05) is 12.1 Å². The fraction of sp³-hybridized carbons (Fsp3) is 0.133. The van der Waals surface area contributed by atoms with Gasteiger partial charge >= 0.3 is 5.69 Å². The Morgan fingerprint density at radius 1 is 1.10 bits per heavy atom. The molecule has 0 aliphatic rings. The minimum Gasteiger partial charge on any atom is -0.305 e. The van der Waals surface area contributed by atoms with Crippen molar-refractivity contribution >= 4 is 11.0 Å². The summed E-state index contributed by atoms with van der Waals surface area (Å²) in [7, 11) is 0. The van der Waals surface area contributed by atoms with Gasteiger partial charge in [-0.05, 0) is 43.2 Å². The van der Waals surface area contributed by atoms with Crippen LogP contribution in [0.1, 0.15) is 11.1 Å². The first-order chi connectivity index (χ1) is 9.50. The first-order valence-electron chi connectivity index (χ1n) is 6.16. The maximum atomic E-state index is 14.0. The van der Waals surface area contributed by atoms with E-state index in [0.29, 0.717) is 5.69 Å². The lowest BCUT2D eigenvalue weighted by Gasteiger charge is -2.10. The lowest BCUT2D eigenvalue weighted by Crippen LogP contribution is -2.16. The lowest BCUT2D eigenvalue weighted by atomic mass is 10.1. The van der Waals surface area contributed by atoms with E-state index in [-0.39, 0.29) is 11.0 Å². The summed E-state index contributed by atoms with van der Waals surface area (Å²) >= 11 is 0. The third kappa shape index (κ3) is 1.66. The molecule has 3 aromatic rings. The van der Waals surface area contributed by atoms with Crippen molar-refractivity contribution < 1.29 is 8.78 Å². The SMILES string of the molecule is Cc1cccc(-n2c(=O)[nH]c3ccc(F)c(F)c32)c1C. The normalized spacial score (nSPS) is 11.2. The quantitative estimate of drug-likeness (QED) is 0.727. The number of fused-ring (bicyclic) bond motifs is 1. The van der Waals surface area contributed by atoms with Gasteiger partial charge in [0.05, 0.1) is 11.2 Å². The average molecular weight is 274 g/mol. The van der Waals surface area contributed by atoms with Crippen molar-refractivity contribution in [2.75, 3.05) is 0 Å². The molecule has 2 aromatic carbocycles. The highest BCUT2D eigenvalue weighted by Crippen LogP contribution is 2.23. The zero-order valence-electron chi connectivity index (χ0n) is 11.0. The Hall–Kier alpha value is -2.43. The summed E-state index contributed by atoms with van der Waals surface area (Å²) in [6.45, 7) is 3.74. The molecule has 1 heterocycles. The molecule has 1 aromatic heterocycles. The standard InChI is InChI=1S/C15H12F2N2O/c1-8-4-3-5-12(9(8)2)19-14-11(18-15(19)20)7-6-10(16)13(14)17/h3-7H,1-2H3,(H,18,20). The third-order valence-electron chi connectivity index (χ3n) is 3.55. The molecule has 1 N–H and O–H groups in total. The molecule has 0 aliphatic heterocycles. The Kier molecular flexibility index (Phi) is 2.71. The second-order valence-electron chi connectivity index (χ2n) is 4.74. The predicted molar refractivity (Wildman–Crippen MR) is 73.3 cm³/mol. The zero-order valence-corrected chi connectivity index (χ0v) is 11.0. The number of hydrogen-bond acceptors (Lipinski definition) is 1. The van der Waals surface area contributed by atoms with Gasteiger partial charge in [0.2, 0.25) is 0 Å². The number of aromatic amines is 1. The van der Waals surface area contributed by atoms with Crippen LogP contribution in [0.15, 0.2) is 35.1 Å². The van der Waals surface area contributed by atoms with E-state index in [9.17, 15) is 13.6 Å². The van der Waals surface area contributed by atoms with E-state index in [1.807, 2.05) is 19.9 Å². The van der Waals surface area contributed by atoms with Crippen molar-refractivity contribution in [1.29, 1.82) is 0 Å². The van der Waals surface area contributed by atoms with Gasteiger partial charge in [-0.15, -0.1) is 0 Å². The van der Waals surface area contributed by atoms with Crippen LogP contribution in [0.2, 0.25) is 0 Å². The third-order valence-corrected chi connectivity index (χ3v) is 3.55. The van der Waals surface area contributed by atoms with E-state index < -0.39 is 17.3 Å². The molecular weight excluding hydrogens is 262 g/mol. The number of halogens is 2. The molecule has 0 atom stereocenters. The number of aryl methyl sites for hydroxylation is 1. The molecule has 20 heavy (non-hydrogen) atoms. The predicted octanol–water partition coefficient (Wildman–Crippen LogP) is 3.21. The van der Waals surface area contributed by atoms with Crippen LogP contribution in [-0.4, -0.2) is 9.55 Å². The van der Waals surface area contributed by atoms with E-state index in [2.05, 4.69) is 4.98 Å². The van der Waals surface area contributed by atoms with E-state index in [1.54, 1.807) is 12.1 Å². The van der Waals surface area contributed by atoms with Crippen LogP contribution >= 0.6 is 0 Å². The van der Waals surface area contributed by atoms with Gasteiger partial charge in [0, 0.05) is 0 Å². The van der Waals surface area contributed by atoms with Crippen molar-refractivity contribution in [3.63, 3.8) is 0 Å². The Balaban J connectivity index is 2.48. The minimum absolute atomic E-state index is 0.0660. The molecule has 3 rings (SSSR count). The molecule has 3 nitrogen and oxygen atoms in total. The van der Waals surface area contributed by atoms with E-state index in [0.717, 1.165) is 17.2 Å². The Labute approximate surface area is 113 Å². The first kappa shape index (κ1) is 12.6. The van der Waals surface area contributed by atoms with E-state index in [4.69, 9.17) is 0 Å². The number of benzene rings is 2. The van der Waals surface area contributed by atoms with Crippen molar-refractivity contribution in [3.8, 4) is 5.69 Å². The number of nitrogens with one attached hydrogen (secondary N) is 1. The summed E-state index contributed by atoms with van der Waals surface area (Å²) in [5.41, 5.74) is 2.09. The molecule has 5 heteroatoms. The van der Waals surface area contributed by atoms with Crippen LogP contribution in [0.5, 0.6) is 0 Å². The summed E-state index contributed by atoms with van der Waals surface area (Å²) in [5.74, 6) is -2.00. The largest absolute Gasteiger partial charge is 0.331 e. The van der Waals surface area contributed by atoms with Crippen LogP contribution in [0.3, 0.4) is 0 Å². The number of hydrogen-bond donors (Lipinski definition) is 1. The molecule has 0 aliphatic carbocycles. The van der Waals surface area contributed by atoms with Gasteiger partial charge in [0.15, 0.2) is 11.6 Å². The Morgan fingerprint density at radius 3 is 2.60 bits per heavy atom. The summed E-state index contributed by atoms with van der Waals surface area (Å²) in [5, 5.41) is 0. The fourth-order valence-corrected chi connectivity index (χ4v) is 2.34. The van der Waals surface area contributed by atoms with Crippen LogP contribution < -0.4 is 5.69 Å². The summed E-state index contributed by atoms with van der Waals surface area (Å²) in [6, 6.07) is 7.75. The second-order valence-corrected chi connectivity index (χ2v) is 4.74. The van der Waals surface area contributed by atoms with Crippen LogP contribution in [-0.2, 0) is 0 Å². The molecule has 0 bridgehead atoms. The van der Waals surface area contributed by atoms with Crippen molar-refractivity contribution in [1.82, 2.24) is 9.55 Å². The maximum Gasteiger partial charge on any atom is 0.331 e. The summed E-state index contributed by atoms with van der Waals surface area (Å²) in [4.78, 5) is 14.6. The van der Waals surface area contributed by atoms with Crippen molar-refractivity contribution in [2.24, 2.45) is 0 Å². The molecule has 0 unspecified atom stereocenters. The zero-order chi connectivity index (χ0) is 14.4. The molecule has 0 spiro atoms. The number of H-pyrrole nitrogens is 1. The van der Waals surface area contributed by atoms with Gasteiger partial charge < -0.3 is 4.98 Å². The summed E-state index contributed by atoms with van der Waals surface area (Å²) in [6.07, 6.45) is 0. The molecule has 0 amide bonds. The number of imidazole rings is 1. The molecule has 0 saturated carbocycles. The second kappa shape index (κ2) is 4.30. The van der Waals surface area contributed by atoms with Gasteiger partial charge in [-0.3, -0.25) is 4.57 Å². The fourth-order valence-electron chi connectivity index (χ4n) is 2.34. The number of aromatic nitrogens is 2. The lowest BCUT2D eigenvalue weighted by molar-refractivity contribution is 0.514. The molecule has 0 fully saturated rings. The van der Waals surface area contributed by atoms with Gasteiger partial charge in [-0.2, -0.15) is 0 Å². The molecule has 0 saturated heterocycles. The highest BCUT2D eigenvalue weighted by atomic mass is 19.2. The molecule has 102 valence electrons. The van der Waals surface area contributed by atoms with Gasteiger partial charge in [-0.25, -0.2) is 13.6 Å². The Morgan fingerprint density at radius 2 is 1.85 bits per heavy atom. The highest BCUT2D eigenvalue weighted by Gasteiger charge is 2.17. The van der Waals surface area contributed by atoms with Crippen molar-refractivity contribution in [2.45, 2.75) is 13.8 Å². The first-order valence-corrected chi connectivity index (χ1v) is 6.16. The highest BCUT2D eigenvalue weighted by molar-refractivity contribution is 5.78. The topological polar surface area (TPSA) is 37.8 Å². The van der Waals surface area contributed by atoms with Gasteiger partial charge in [0.25, 0.3) is 0 Å². The molecule has 0 radical (unpaired) electrons. The monoisotopic (exact) mass is 274 g/mol. The molecular formula is C15H12F2N2O. The minimum atomic E-state index is -1.03. The average Bonchev–Trinajstić information content (AvgIpc) is 2.75. The van der Waals surface area contributed by atoms with Gasteiger partial charge in [0.1, 0.15) is 5.52 Å². The maximum absolute atomic E-state index is 14.0. The van der Waals surface area contributed by atoms with E-state index >= 15 is 0 Å². The smallest absolute Gasteiger partial charge is 0.305 e. The van der Waals surface area contributed by atoms with Crippen LogP contribution in [0.4, 0.5) is 8.78 Å². The number of nitrogens with zero attached hydrogens (tertiary/aromatic N) is 1. The number of rotatable bonds is 1. The van der Waals surface area contributed by atoms with Crippen LogP contribution in [0, 0.1) is 25.5 Å². The summed E-state index contributed by atoms with van der Waals surface area (Å²) < 4.78 is 28.6. The van der Waals surface area contributed by atoms with E-state index in [1.165, 1.54) is 10.6 Å². The van der Waals surface area contributed by atoms with Crippen molar-refractivity contribution in [3.05, 3.63) is 63.6 Å².